The molecule has 0 unspecified atom stereocenters. The van der Waals surface area contributed by atoms with E-state index in [2.05, 4.69) is 52.7 Å². The second-order valence-corrected chi connectivity index (χ2v) is 5.18. The Morgan fingerprint density at radius 2 is 2.00 bits per heavy atom. The summed E-state index contributed by atoms with van der Waals surface area (Å²) in [5.41, 5.74) is 3.40. The lowest BCUT2D eigenvalue weighted by molar-refractivity contribution is 0.416. The SMILES string of the molecule is COc1ccccc1-c1c(I)n[nH]c1C(C)C. The first-order valence-corrected chi connectivity index (χ1v) is 6.60. The van der Waals surface area contributed by atoms with Gasteiger partial charge in [0.1, 0.15) is 9.45 Å². The molecular weight excluding hydrogens is 327 g/mol. The van der Waals surface area contributed by atoms with E-state index in [1.807, 2.05) is 18.2 Å². The van der Waals surface area contributed by atoms with Crippen molar-refractivity contribution in [1.82, 2.24) is 10.2 Å². The first-order valence-electron chi connectivity index (χ1n) is 5.52. The van der Waals surface area contributed by atoms with Gasteiger partial charge in [0, 0.05) is 16.8 Å². The smallest absolute Gasteiger partial charge is 0.131 e. The van der Waals surface area contributed by atoms with Crippen molar-refractivity contribution in [2.24, 2.45) is 0 Å². The monoisotopic (exact) mass is 342 g/mol. The molecule has 0 spiro atoms. The van der Waals surface area contributed by atoms with Gasteiger partial charge >= 0.3 is 0 Å². The number of benzene rings is 1. The van der Waals surface area contributed by atoms with Crippen molar-refractivity contribution < 1.29 is 4.74 Å². The molecule has 0 bridgehead atoms. The van der Waals surface area contributed by atoms with E-state index in [1.165, 1.54) is 0 Å². The maximum absolute atomic E-state index is 5.41. The van der Waals surface area contributed by atoms with Gasteiger partial charge in [-0.1, -0.05) is 32.0 Å². The average molecular weight is 342 g/mol. The minimum Gasteiger partial charge on any atom is -0.496 e. The van der Waals surface area contributed by atoms with Gasteiger partial charge in [-0.3, -0.25) is 5.10 Å². The molecule has 0 radical (unpaired) electrons. The fourth-order valence-corrected chi connectivity index (χ4v) is 2.56. The Hall–Kier alpha value is -1.04. The lowest BCUT2D eigenvalue weighted by atomic mass is 9.99. The van der Waals surface area contributed by atoms with Crippen molar-refractivity contribution in [3.05, 3.63) is 33.7 Å². The Morgan fingerprint density at radius 3 is 2.65 bits per heavy atom. The van der Waals surface area contributed by atoms with Crippen LogP contribution in [0.15, 0.2) is 24.3 Å². The molecule has 90 valence electrons. The molecule has 0 fully saturated rings. The number of rotatable bonds is 3. The summed E-state index contributed by atoms with van der Waals surface area (Å²) < 4.78 is 6.40. The minimum atomic E-state index is 0.408. The number of aromatic nitrogens is 2. The second kappa shape index (κ2) is 5.08. The molecule has 1 aromatic heterocycles. The first kappa shape index (κ1) is 12.4. The van der Waals surface area contributed by atoms with Crippen molar-refractivity contribution in [3.63, 3.8) is 0 Å². The number of ether oxygens (including phenoxy) is 1. The van der Waals surface area contributed by atoms with Gasteiger partial charge in [0.05, 0.1) is 7.11 Å². The quantitative estimate of drug-likeness (QED) is 0.862. The summed E-state index contributed by atoms with van der Waals surface area (Å²) in [5, 5.41) is 7.41. The van der Waals surface area contributed by atoms with E-state index >= 15 is 0 Å². The molecule has 1 heterocycles. The highest BCUT2D eigenvalue weighted by Gasteiger charge is 2.18. The molecule has 0 atom stereocenters. The van der Waals surface area contributed by atoms with Crippen molar-refractivity contribution in [1.29, 1.82) is 0 Å². The summed E-state index contributed by atoms with van der Waals surface area (Å²) in [7, 11) is 1.70. The van der Waals surface area contributed by atoms with Crippen LogP contribution >= 0.6 is 22.6 Å². The van der Waals surface area contributed by atoms with E-state index in [-0.39, 0.29) is 0 Å². The fourth-order valence-electron chi connectivity index (χ4n) is 1.86. The zero-order valence-electron chi connectivity index (χ0n) is 10.1. The standard InChI is InChI=1S/C13H15IN2O/c1-8(2)12-11(13(14)16-15-12)9-6-4-5-7-10(9)17-3/h4-8H,1-3H3,(H,15,16). The number of hydrogen-bond acceptors (Lipinski definition) is 2. The zero-order valence-corrected chi connectivity index (χ0v) is 12.3. The van der Waals surface area contributed by atoms with Crippen molar-refractivity contribution in [2.75, 3.05) is 7.11 Å². The third-order valence-electron chi connectivity index (χ3n) is 2.70. The van der Waals surface area contributed by atoms with E-state index < -0.39 is 0 Å². The Morgan fingerprint density at radius 1 is 1.29 bits per heavy atom. The summed E-state index contributed by atoms with van der Waals surface area (Å²) in [5.74, 6) is 1.29. The van der Waals surface area contributed by atoms with Crippen LogP contribution in [-0.4, -0.2) is 17.3 Å². The number of nitrogens with one attached hydrogen (secondary N) is 1. The van der Waals surface area contributed by atoms with E-state index in [1.54, 1.807) is 7.11 Å². The van der Waals surface area contributed by atoms with Crippen LogP contribution in [0, 0.1) is 3.70 Å². The minimum absolute atomic E-state index is 0.408. The Kier molecular flexibility index (Phi) is 3.71. The Labute approximate surface area is 115 Å². The molecule has 0 amide bonds. The second-order valence-electron chi connectivity index (χ2n) is 4.16. The predicted octanol–water partition coefficient (Wildman–Crippen LogP) is 3.81. The molecule has 0 aliphatic rings. The highest BCUT2D eigenvalue weighted by Crippen LogP contribution is 2.36. The van der Waals surface area contributed by atoms with Crippen LogP contribution in [-0.2, 0) is 0 Å². The van der Waals surface area contributed by atoms with E-state index in [0.29, 0.717) is 5.92 Å². The highest BCUT2D eigenvalue weighted by atomic mass is 127. The third-order valence-corrected chi connectivity index (χ3v) is 3.48. The molecule has 0 aliphatic carbocycles. The maximum atomic E-state index is 5.41. The normalized spacial score (nSPS) is 10.9. The van der Waals surface area contributed by atoms with Gasteiger partial charge in [-0.25, -0.2) is 0 Å². The molecule has 0 aliphatic heterocycles. The topological polar surface area (TPSA) is 37.9 Å². The molecule has 1 N–H and O–H groups in total. The van der Waals surface area contributed by atoms with Crippen molar-refractivity contribution in [2.45, 2.75) is 19.8 Å². The molecular formula is C13H15IN2O. The van der Waals surface area contributed by atoms with Gasteiger partial charge in [-0.15, -0.1) is 0 Å². The van der Waals surface area contributed by atoms with Crippen LogP contribution in [0.5, 0.6) is 5.75 Å². The van der Waals surface area contributed by atoms with E-state index in [4.69, 9.17) is 4.74 Å². The number of halogens is 1. The van der Waals surface area contributed by atoms with Crippen molar-refractivity contribution >= 4 is 22.6 Å². The van der Waals surface area contributed by atoms with Gasteiger partial charge in [0.25, 0.3) is 0 Å². The van der Waals surface area contributed by atoms with Gasteiger partial charge < -0.3 is 4.74 Å². The van der Waals surface area contributed by atoms with Crippen LogP contribution in [0.2, 0.25) is 0 Å². The summed E-state index contributed by atoms with van der Waals surface area (Å²) in [6.07, 6.45) is 0. The Bertz CT molecular complexity index is 520. The van der Waals surface area contributed by atoms with Gasteiger partial charge in [0.2, 0.25) is 0 Å². The van der Waals surface area contributed by atoms with Gasteiger partial charge in [-0.05, 0) is 34.6 Å². The molecule has 4 heteroatoms. The number of hydrogen-bond donors (Lipinski definition) is 1. The molecule has 1 aromatic carbocycles. The summed E-state index contributed by atoms with van der Waals surface area (Å²) >= 11 is 2.25. The fraction of sp³-hybridized carbons (Fsp3) is 0.308. The van der Waals surface area contributed by atoms with Crippen LogP contribution in [0.25, 0.3) is 11.1 Å². The van der Waals surface area contributed by atoms with E-state index in [0.717, 1.165) is 26.3 Å². The zero-order chi connectivity index (χ0) is 12.4. The third kappa shape index (κ3) is 2.31. The predicted molar refractivity (Wildman–Crippen MR) is 77.4 cm³/mol. The molecule has 0 saturated heterocycles. The number of nitrogens with zero attached hydrogens (tertiary/aromatic N) is 1. The number of para-hydroxylation sites is 1. The Balaban J connectivity index is 2.63. The summed E-state index contributed by atoms with van der Waals surface area (Å²) in [6.45, 7) is 4.31. The molecule has 17 heavy (non-hydrogen) atoms. The van der Waals surface area contributed by atoms with Crippen LogP contribution in [0.3, 0.4) is 0 Å². The molecule has 3 nitrogen and oxygen atoms in total. The lowest BCUT2D eigenvalue weighted by Gasteiger charge is -2.10. The lowest BCUT2D eigenvalue weighted by Crippen LogP contribution is -1.94. The summed E-state index contributed by atoms with van der Waals surface area (Å²) in [6, 6.07) is 8.04. The van der Waals surface area contributed by atoms with Gasteiger partial charge in [0.15, 0.2) is 0 Å². The summed E-state index contributed by atoms with van der Waals surface area (Å²) in [4.78, 5) is 0. The average Bonchev–Trinajstić information content (AvgIpc) is 2.71. The van der Waals surface area contributed by atoms with Crippen LogP contribution in [0.4, 0.5) is 0 Å². The van der Waals surface area contributed by atoms with Crippen LogP contribution in [0.1, 0.15) is 25.5 Å². The van der Waals surface area contributed by atoms with Crippen LogP contribution < -0.4 is 4.74 Å². The molecule has 2 aromatic rings. The maximum Gasteiger partial charge on any atom is 0.131 e. The first-order chi connectivity index (χ1) is 8.15. The molecule has 2 rings (SSSR count). The van der Waals surface area contributed by atoms with E-state index in [9.17, 15) is 0 Å². The van der Waals surface area contributed by atoms with Gasteiger partial charge in [-0.2, -0.15) is 5.10 Å². The number of methoxy groups -OCH3 is 1. The number of H-pyrrole nitrogens is 1. The largest absolute Gasteiger partial charge is 0.496 e. The number of aromatic amines is 1. The highest BCUT2D eigenvalue weighted by molar-refractivity contribution is 14.1. The van der Waals surface area contributed by atoms with Crippen molar-refractivity contribution in [3.8, 4) is 16.9 Å². The molecule has 0 saturated carbocycles.